The van der Waals surface area contributed by atoms with Gasteiger partial charge in [0.2, 0.25) is 0 Å². The first kappa shape index (κ1) is 9.97. The highest BCUT2D eigenvalue weighted by molar-refractivity contribution is 5.26. The topological polar surface area (TPSA) is 50.7 Å². The number of benzene rings is 1. The molecule has 0 radical (unpaired) electrons. The molecule has 0 bridgehead atoms. The third kappa shape index (κ3) is 1.76. The standard InChI is InChI=1S/C13H17N3/c14-9-10-1-3-11(4-2-10)12-5-7-13(8-6-12)15-16-13/h1-4,12H,5-9,14H2. The molecular weight excluding hydrogens is 198 g/mol. The van der Waals surface area contributed by atoms with Crippen LogP contribution in [-0.2, 0) is 6.54 Å². The minimum Gasteiger partial charge on any atom is -0.326 e. The Bertz CT molecular complexity index is 392. The van der Waals surface area contributed by atoms with Gasteiger partial charge in [0.05, 0.1) is 0 Å². The normalized spacial score (nSPS) is 22.6. The van der Waals surface area contributed by atoms with Gasteiger partial charge in [0.15, 0.2) is 5.66 Å². The first-order valence-corrected chi connectivity index (χ1v) is 6.04. The summed E-state index contributed by atoms with van der Waals surface area (Å²) in [5.41, 5.74) is 8.32. The molecule has 1 aromatic carbocycles. The second kappa shape index (κ2) is 3.67. The molecule has 3 heteroatoms. The molecule has 3 nitrogen and oxygen atoms in total. The average Bonchev–Trinajstić information content (AvgIpc) is 3.10. The molecule has 2 N–H and O–H groups in total. The van der Waals surface area contributed by atoms with Crippen LogP contribution in [0.3, 0.4) is 0 Å². The Labute approximate surface area is 95.8 Å². The van der Waals surface area contributed by atoms with E-state index in [0.29, 0.717) is 12.5 Å². The van der Waals surface area contributed by atoms with Crippen LogP contribution >= 0.6 is 0 Å². The molecule has 0 atom stereocenters. The molecule has 0 amide bonds. The van der Waals surface area contributed by atoms with E-state index in [1.807, 2.05) is 0 Å². The summed E-state index contributed by atoms with van der Waals surface area (Å²) in [5, 5.41) is 8.31. The zero-order chi connectivity index (χ0) is 11.0. The molecule has 1 spiro atoms. The number of nitrogens with two attached hydrogens (primary N) is 1. The highest BCUT2D eigenvalue weighted by Crippen LogP contribution is 2.46. The van der Waals surface area contributed by atoms with E-state index in [0.717, 1.165) is 12.8 Å². The fourth-order valence-corrected chi connectivity index (χ4v) is 2.61. The van der Waals surface area contributed by atoms with Gasteiger partial charge in [-0.15, -0.1) is 0 Å². The van der Waals surface area contributed by atoms with E-state index in [-0.39, 0.29) is 5.66 Å². The summed E-state index contributed by atoms with van der Waals surface area (Å²) in [6.07, 6.45) is 4.70. The van der Waals surface area contributed by atoms with Crippen LogP contribution in [0.1, 0.15) is 42.7 Å². The Morgan fingerprint density at radius 3 is 2.25 bits per heavy atom. The number of nitrogens with zero attached hydrogens (tertiary/aromatic N) is 2. The van der Waals surface area contributed by atoms with E-state index < -0.39 is 0 Å². The van der Waals surface area contributed by atoms with Crippen molar-refractivity contribution in [1.29, 1.82) is 0 Å². The van der Waals surface area contributed by atoms with E-state index in [2.05, 4.69) is 34.5 Å². The van der Waals surface area contributed by atoms with Crippen molar-refractivity contribution in [1.82, 2.24) is 0 Å². The maximum absolute atomic E-state index is 5.60. The Hall–Kier alpha value is -1.22. The van der Waals surface area contributed by atoms with Crippen molar-refractivity contribution in [2.75, 3.05) is 0 Å². The van der Waals surface area contributed by atoms with Crippen molar-refractivity contribution < 1.29 is 0 Å². The zero-order valence-corrected chi connectivity index (χ0v) is 9.39. The Morgan fingerprint density at radius 1 is 1.12 bits per heavy atom. The van der Waals surface area contributed by atoms with Crippen LogP contribution in [0.2, 0.25) is 0 Å². The zero-order valence-electron chi connectivity index (χ0n) is 9.39. The van der Waals surface area contributed by atoms with E-state index >= 15 is 0 Å². The van der Waals surface area contributed by atoms with E-state index in [1.165, 1.54) is 24.0 Å². The van der Waals surface area contributed by atoms with Gasteiger partial charge in [-0.2, -0.15) is 10.2 Å². The molecule has 16 heavy (non-hydrogen) atoms. The van der Waals surface area contributed by atoms with Crippen LogP contribution in [-0.4, -0.2) is 5.66 Å². The smallest absolute Gasteiger partial charge is 0.191 e. The molecule has 1 aliphatic heterocycles. The lowest BCUT2D eigenvalue weighted by Crippen LogP contribution is -2.20. The van der Waals surface area contributed by atoms with Crippen LogP contribution in [0.25, 0.3) is 0 Å². The predicted octanol–water partition coefficient (Wildman–Crippen LogP) is 2.97. The Balaban J connectivity index is 1.68. The van der Waals surface area contributed by atoms with Crippen molar-refractivity contribution >= 4 is 0 Å². The van der Waals surface area contributed by atoms with Crippen LogP contribution < -0.4 is 5.73 Å². The van der Waals surface area contributed by atoms with Gasteiger partial charge in [-0.05, 0) is 42.7 Å². The summed E-state index contributed by atoms with van der Waals surface area (Å²) in [6.45, 7) is 0.631. The van der Waals surface area contributed by atoms with Gasteiger partial charge in [0.25, 0.3) is 0 Å². The lowest BCUT2D eigenvalue weighted by molar-refractivity contribution is 0.358. The van der Waals surface area contributed by atoms with Gasteiger partial charge in [-0.1, -0.05) is 24.3 Å². The maximum Gasteiger partial charge on any atom is 0.191 e. The molecule has 1 aromatic rings. The maximum atomic E-state index is 5.60. The number of hydrogen-bond acceptors (Lipinski definition) is 3. The van der Waals surface area contributed by atoms with Gasteiger partial charge < -0.3 is 5.73 Å². The van der Waals surface area contributed by atoms with Crippen LogP contribution in [0.5, 0.6) is 0 Å². The second-order valence-electron chi connectivity index (χ2n) is 4.90. The van der Waals surface area contributed by atoms with Crippen molar-refractivity contribution in [3.05, 3.63) is 35.4 Å². The molecule has 1 fully saturated rings. The lowest BCUT2D eigenvalue weighted by atomic mass is 9.80. The largest absolute Gasteiger partial charge is 0.326 e. The summed E-state index contributed by atoms with van der Waals surface area (Å²) in [7, 11) is 0. The minimum atomic E-state index is 0.0632. The highest BCUT2D eigenvalue weighted by Gasteiger charge is 2.43. The van der Waals surface area contributed by atoms with Gasteiger partial charge in [-0.3, -0.25) is 0 Å². The van der Waals surface area contributed by atoms with Crippen LogP contribution in [0.15, 0.2) is 34.5 Å². The average molecular weight is 215 g/mol. The summed E-state index contributed by atoms with van der Waals surface area (Å²) >= 11 is 0. The Kier molecular flexibility index (Phi) is 2.28. The van der Waals surface area contributed by atoms with Crippen LogP contribution in [0, 0.1) is 0 Å². The molecule has 1 saturated carbocycles. The quantitative estimate of drug-likeness (QED) is 0.810. The first-order chi connectivity index (χ1) is 7.81. The summed E-state index contributed by atoms with van der Waals surface area (Å²) in [6, 6.07) is 8.75. The van der Waals surface area contributed by atoms with Gasteiger partial charge in [0, 0.05) is 6.54 Å². The highest BCUT2D eigenvalue weighted by atomic mass is 15.4. The van der Waals surface area contributed by atoms with E-state index in [4.69, 9.17) is 5.73 Å². The summed E-state index contributed by atoms with van der Waals surface area (Å²) < 4.78 is 0. The minimum absolute atomic E-state index is 0.0632. The van der Waals surface area contributed by atoms with Gasteiger partial charge >= 0.3 is 0 Å². The van der Waals surface area contributed by atoms with Crippen molar-refractivity contribution in [3.63, 3.8) is 0 Å². The van der Waals surface area contributed by atoms with Gasteiger partial charge in [-0.25, -0.2) is 0 Å². The van der Waals surface area contributed by atoms with Crippen molar-refractivity contribution in [2.24, 2.45) is 16.0 Å². The first-order valence-electron chi connectivity index (χ1n) is 6.04. The molecular formula is C13H17N3. The van der Waals surface area contributed by atoms with Crippen molar-refractivity contribution in [2.45, 2.75) is 43.8 Å². The fraction of sp³-hybridized carbons (Fsp3) is 0.538. The third-order valence-electron chi connectivity index (χ3n) is 3.86. The SMILES string of the molecule is NCc1ccc(C2CCC3(CC2)N=N3)cc1. The molecule has 1 heterocycles. The third-order valence-corrected chi connectivity index (χ3v) is 3.86. The Morgan fingerprint density at radius 2 is 1.75 bits per heavy atom. The molecule has 0 saturated heterocycles. The molecule has 0 unspecified atom stereocenters. The number of rotatable bonds is 2. The molecule has 0 aromatic heterocycles. The molecule has 2 aliphatic rings. The molecule has 84 valence electrons. The van der Waals surface area contributed by atoms with E-state index in [1.54, 1.807) is 0 Å². The summed E-state index contributed by atoms with van der Waals surface area (Å²) in [4.78, 5) is 0. The molecule has 1 aliphatic carbocycles. The van der Waals surface area contributed by atoms with E-state index in [9.17, 15) is 0 Å². The second-order valence-corrected chi connectivity index (χ2v) is 4.90. The monoisotopic (exact) mass is 215 g/mol. The summed E-state index contributed by atoms with van der Waals surface area (Å²) in [5.74, 6) is 0.698. The van der Waals surface area contributed by atoms with Crippen molar-refractivity contribution in [3.8, 4) is 0 Å². The van der Waals surface area contributed by atoms with Gasteiger partial charge in [0.1, 0.15) is 0 Å². The van der Waals surface area contributed by atoms with Crippen LogP contribution in [0.4, 0.5) is 0 Å². The molecule has 3 rings (SSSR count). The number of hydrogen-bond donors (Lipinski definition) is 1. The fourth-order valence-electron chi connectivity index (χ4n) is 2.61. The lowest BCUT2D eigenvalue weighted by Gasteiger charge is -2.25. The predicted molar refractivity (Wildman–Crippen MR) is 63.1 cm³/mol.